The van der Waals surface area contributed by atoms with E-state index in [9.17, 15) is 5.11 Å². The lowest BCUT2D eigenvalue weighted by atomic mass is 10.2. The van der Waals surface area contributed by atoms with E-state index in [1.54, 1.807) is 6.92 Å². The number of hydrogen-bond acceptors (Lipinski definition) is 3. The highest BCUT2D eigenvalue weighted by molar-refractivity contribution is 6.74. The van der Waals surface area contributed by atoms with E-state index in [1.807, 2.05) is 24.3 Å². The predicted octanol–water partition coefficient (Wildman–Crippen LogP) is 4.87. The molecule has 20 heavy (non-hydrogen) atoms. The fourth-order valence-corrected chi connectivity index (χ4v) is 2.78. The zero-order chi connectivity index (χ0) is 15.1. The zero-order valence-corrected chi connectivity index (χ0v) is 14.2. The first-order valence-corrected chi connectivity index (χ1v) is 9.91. The maximum absolute atomic E-state index is 9.57. The molecule has 4 heteroatoms. The highest BCUT2D eigenvalue weighted by atomic mass is 28.4. The van der Waals surface area contributed by atoms with Crippen LogP contribution in [0.4, 0.5) is 0 Å². The van der Waals surface area contributed by atoms with Gasteiger partial charge in [-0.15, -0.1) is 0 Å². The van der Waals surface area contributed by atoms with Crippen molar-refractivity contribution in [2.75, 3.05) is 0 Å². The van der Waals surface area contributed by atoms with E-state index < -0.39 is 14.4 Å². The summed E-state index contributed by atoms with van der Waals surface area (Å²) >= 11 is 0. The molecule has 3 nitrogen and oxygen atoms in total. The molecule has 1 heterocycles. The minimum atomic E-state index is -1.83. The molecule has 1 aromatic carbocycles. The number of benzene rings is 1. The number of fused-ring (bicyclic) bond motifs is 1. The first-order valence-electron chi connectivity index (χ1n) is 7.01. The van der Waals surface area contributed by atoms with E-state index in [2.05, 4.69) is 33.9 Å². The van der Waals surface area contributed by atoms with Gasteiger partial charge in [-0.25, -0.2) is 0 Å². The second-order valence-corrected chi connectivity index (χ2v) is 11.6. The van der Waals surface area contributed by atoms with Gasteiger partial charge in [0.05, 0.1) is 0 Å². The highest BCUT2D eigenvalue weighted by Crippen LogP contribution is 2.38. The Labute approximate surface area is 121 Å². The van der Waals surface area contributed by atoms with Crippen molar-refractivity contribution in [2.45, 2.75) is 51.9 Å². The average molecular weight is 292 g/mol. The Morgan fingerprint density at radius 1 is 1.20 bits per heavy atom. The summed E-state index contributed by atoms with van der Waals surface area (Å²) in [6.07, 6.45) is -0.591. The molecule has 0 fully saturated rings. The van der Waals surface area contributed by atoms with Crippen LogP contribution in [0.1, 0.15) is 39.6 Å². The van der Waals surface area contributed by atoms with Crippen LogP contribution in [-0.2, 0) is 0 Å². The lowest BCUT2D eigenvalue weighted by Crippen LogP contribution is -2.43. The van der Waals surface area contributed by atoms with Crippen LogP contribution in [0.5, 0.6) is 5.75 Å². The monoisotopic (exact) mass is 292 g/mol. The maximum Gasteiger partial charge on any atom is 0.250 e. The number of aliphatic hydroxyl groups excluding tert-OH is 1. The normalized spacial score (nSPS) is 14.6. The van der Waals surface area contributed by atoms with Crippen molar-refractivity contribution in [3.63, 3.8) is 0 Å². The summed E-state index contributed by atoms with van der Waals surface area (Å²) in [7, 11) is -1.83. The third kappa shape index (κ3) is 2.91. The van der Waals surface area contributed by atoms with Gasteiger partial charge < -0.3 is 13.9 Å². The molecule has 2 aromatic rings. The van der Waals surface area contributed by atoms with Crippen LogP contribution >= 0.6 is 0 Å². The molecule has 1 unspecified atom stereocenters. The fourth-order valence-electron chi connectivity index (χ4n) is 1.76. The van der Waals surface area contributed by atoms with Crippen LogP contribution < -0.4 is 4.43 Å². The lowest BCUT2D eigenvalue weighted by Gasteiger charge is -2.36. The lowest BCUT2D eigenvalue weighted by molar-refractivity contribution is 0.172. The summed E-state index contributed by atoms with van der Waals surface area (Å²) in [5.74, 6) is 1.46. The van der Waals surface area contributed by atoms with Crippen LogP contribution in [0, 0.1) is 0 Å². The smallest absolute Gasteiger partial charge is 0.250 e. The molecule has 0 amide bonds. The van der Waals surface area contributed by atoms with Gasteiger partial charge >= 0.3 is 0 Å². The molecule has 0 bridgehead atoms. The van der Waals surface area contributed by atoms with Crippen molar-refractivity contribution in [1.29, 1.82) is 0 Å². The topological polar surface area (TPSA) is 42.6 Å². The van der Waals surface area contributed by atoms with Crippen molar-refractivity contribution in [3.8, 4) is 5.75 Å². The Kier molecular flexibility index (Phi) is 3.73. The molecule has 0 spiro atoms. The zero-order valence-electron chi connectivity index (χ0n) is 13.2. The molecule has 1 N–H and O–H groups in total. The van der Waals surface area contributed by atoms with Crippen LogP contribution in [-0.4, -0.2) is 13.4 Å². The molecule has 2 rings (SSSR count). The number of rotatable bonds is 3. The van der Waals surface area contributed by atoms with Crippen LogP contribution in [0.3, 0.4) is 0 Å². The van der Waals surface area contributed by atoms with Gasteiger partial charge in [-0.2, -0.15) is 0 Å². The van der Waals surface area contributed by atoms with Crippen molar-refractivity contribution in [2.24, 2.45) is 0 Å². The van der Waals surface area contributed by atoms with E-state index >= 15 is 0 Å². The number of hydrogen-bond donors (Lipinski definition) is 1. The van der Waals surface area contributed by atoms with Gasteiger partial charge in [0.15, 0.2) is 0 Å². The van der Waals surface area contributed by atoms with E-state index in [0.29, 0.717) is 5.76 Å². The fraction of sp³-hybridized carbons (Fsp3) is 0.500. The van der Waals surface area contributed by atoms with Crippen molar-refractivity contribution in [1.82, 2.24) is 0 Å². The molecule has 0 aliphatic carbocycles. The van der Waals surface area contributed by atoms with E-state index in [-0.39, 0.29) is 5.04 Å². The van der Waals surface area contributed by atoms with Crippen LogP contribution in [0.15, 0.2) is 28.7 Å². The van der Waals surface area contributed by atoms with Crippen LogP contribution in [0.2, 0.25) is 18.1 Å². The van der Waals surface area contributed by atoms with Gasteiger partial charge in [-0.1, -0.05) is 20.8 Å². The van der Waals surface area contributed by atoms with Gasteiger partial charge in [-0.3, -0.25) is 0 Å². The minimum absolute atomic E-state index is 0.170. The standard InChI is InChI=1S/C16H24O3Si/c1-11(17)15-10-12-9-13(7-8-14(12)18-15)19-20(5,6)16(2,3)4/h7-11,17H,1-6H3. The Bertz CT molecular complexity index is 606. The maximum atomic E-state index is 9.57. The molecule has 1 atom stereocenters. The van der Waals surface area contributed by atoms with E-state index in [0.717, 1.165) is 16.7 Å². The molecule has 1 aromatic heterocycles. The SMILES string of the molecule is CC(O)c1cc2cc(O[Si](C)(C)C(C)(C)C)ccc2o1. The molecule has 0 saturated carbocycles. The third-order valence-electron chi connectivity index (χ3n) is 4.10. The first kappa shape index (κ1) is 15.1. The van der Waals surface area contributed by atoms with Crippen LogP contribution in [0.25, 0.3) is 11.0 Å². The molecule has 0 aliphatic rings. The Balaban J connectivity index is 2.33. The molecule has 0 saturated heterocycles. The number of aliphatic hydroxyl groups is 1. The van der Waals surface area contributed by atoms with E-state index in [1.165, 1.54) is 0 Å². The summed E-state index contributed by atoms with van der Waals surface area (Å²) in [5.41, 5.74) is 0.781. The average Bonchev–Trinajstić information content (AvgIpc) is 2.69. The van der Waals surface area contributed by atoms with E-state index in [4.69, 9.17) is 8.84 Å². The number of furan rings is 1. The Hall–Kier alpha value is -1.26. The summed E-state index contributed by atoms with van der Waals surface area (Å²) in [6.45, 7) is 12.8. The quantitative estimate of drug-likeness (QED) is 0.821. The molecule has 0 radical (unpaired) electrons. The largest absolute Gasteiger partial charge is 0.543 e. The molecule has 110 valence electrons. The molecular weight excluding hydrogens is 268 g/mol. The van der Waals surface area contributed by atoms with Gasteiger partial charge in [0.25, 0.3) is 0 Å². The Morgan fingerprint density at radius 3 is 2.40 bits per heavy atom. The van der Waals surface area contributed by atoms with Crippen molar-refractivity contribution >= 4 is 19.3 Å². The Morgan fingerprint density at radius 2 is 1.85 bits per heavy atom. The molecule has 0 aliphatic heterocycles. The minimum Gasteiger partial charge on any atom is -0.543 e. The van der Waals surface area contributed by atoms with Gasteiger partial charge in [0.2, 0.25) is 8.32 Å². The van der Waals surface area contributed by atoms with Gasteiger partial charge in [0.1, 0.15) is 23.2 Å². The second kappa shape index (κ2) is 4.93. The summed E-state index contributed by atoms with van der Waals surface area (Å²) < 4.78 is 11.9. The first-order chi connectivity index (χ1) is 9.10. The summed E-state index contributed by atoms with van der Waals surface area (Å²) in [5, 5.41) is 10.7. The summed E-state index contributed by atoms with van der Waals surface area (Å²) in [6, 6.07) is 7.71. The third-order valence-corrected chi connectivity index (χ3v) is 8.46. The summed E-state index contributed by atoms with van der Waals surface area (Å²) in [4.78, 5) is 0. The van der Waals surface area contributed by atoms with Gasteiger partial charge in [-0.05, 0) is 49.3 Å². The predicted molar refractivity (Wildman–Crippen MR) is 84.7 cm³/mol. The van der Waals surface area contributed by atoms with Crippen molar-refractivity contribution in [3.05, 3.63) is 30.0 Å². The highest BCUT2D eigenvalue weighted by Gasteiger charge is 2.38. The second-order valence-electron chi connectivity index (χ2n) is 6.89. The van der Waals surface area contributed by atoms with Crippen molar-refractivity contribution < 1.29 is 13.9 Å². The molecular formula is C16H24O3Si. The van der Waals surface area contributed by atoms with Gasteiger partial charge in [0, 0.05) is 5.39 Å².